The summed E-state index contributed by atoms with van der Waals surface area (Å²) in [4.78, 5) is 0. The first-order chi connectivity index (χ1) is 10.2. The molecule has 1 N–H and O–H groups in total. The molecule has 1 saturated carbocycles. The van der Waals surface area contributed by atoms with Gasteiger partial charge >= 0.3 is 0 Å². The van der Waals surface area contributed by atoms with Crippen LogP contribution in [0.1, 0.15) is 47.9 Å². The highest BCUT2D eigenvalue weighted by molar-refractivity contribution is 9.10. The van der Waals surface area contributed by atoms with Crippen LogP contribution >= 0.6 is 15.9 Å². The third-order valence-corrected chi connectivity index (χ3v) is 5.05. The fourth-order valence-corrected chi connectivity index (χ4v) is 3.47. The molecular weight excluding hydrogens is 329 g/mol. The first-order valence-corrected chi connectivity index (χ1v) is 8.21. The summed E-state index contributed by atoms with van der Waals surface area (Å²) in [5.74, 6) is 0.451. The minimum absolute atomic E-state index is 0.112. The lowest BCUT2D eigenvalue weighted by Crippen LogP contribution is -2.22. The predicted octanol–water partition coefficient (Wildman–Crippen LogP) is 5.16. The molecule has 0 spiro atoms. The average Bonchev–Trinajstić information content (AvgIpc) is 2.44. The van der Waals surface area contributed by atoms with Crippen LogP contribution in [0.5, 0.6) is 0 Å². The molecule has 110 valence electrons. The molecule has 1 aliphatic carbocycles. The molecule has 3 rings (SSSR count). The van der Waals surface area contributed by atoms with Gasteiger partial charge in [0.2, 0.25) is 0 Å². The maximum absolute atomic E-state index is 14.5. The lowest BCUT2D eigenvalue weighted by Gasteiger charge is -2.30. The number of hydrogen-bond acceptors (Lipinski definition) is 1. The number of hydrogen-bond donors (Lipinski definition) is 1. The average molecular weight is 348 g/mol. The van der Waals surface area contributed by atoms with Crippen molar-refractivity contribution in [1.29, 1.82) is 0 Å². The molecular formula is C18H19BrFN. The predicted molar refractivity (Wildman–Crippen MR) is 88.0 cm³/mol. The van der Waals surface area contributed by atoms with E-state index < -0.39 is 0 Å². The van der Waals surface area contributed by atoms with Crippen LogP contribution in [0.15, 0.2) is 46.9 Å². The number of halogens is 2. The number of rotatable bonds is 4. The molecule has 0 heterocycles. The van der Waals surface area contributed by atoms with Gasteiger partial charge in [0, 0.05) is 5.56 Å². The molecule has 0 aliphatic heterocycles. The first kappa shape index (κ1) is 14.7. The standard InChI is InChI=1S/C18H19BrFN/c1-21-18(15-10-5-11-16(19)17(15)20)14-9-3-2-8-13(14)12-6-4-7-12/h2-3,5,8-12,18,21H,4,6-7H2,1H3. The zero-order valence-electron chi connectivity index (χ0n) is 12.1. The van der Waals surface area contributed by atoms with Crippen LogP contribution in [0.25, 0.3) is 0 Å². The molecule has 3 heteroatoms. The van der Waals surface area contributed by atoms with Crippen molar-refractivity contribution >= 4 is 15.9 Å². The lowest BCUT2D eigenvalue weighted by atomic mass is 9.76. The van der Waals surface area contributed by atoms with Crippen molar-refractivity contribution in [2.24, 2.45) is 0 Å². The molecule has 1 aliphatic rings. The van der Waals surface area contributed by atoms with E-state index in [0.29, 0.717) is 16.0 Å². The summed E-state index contributed by atoms with van der Waals surface area (Å²) in [5.41, 5.74) is 3.25. The Morgan fingerprint density at radius 3 is 2.48 bits per heavy atom. The van der Waals surface area contributed by atoms with Crippen molar-refractivity contribution in [3.8, 4) is 0 Å². The fraction of sp³-hybridized carbons (Fsp3) is 0.333. The molecule has 0 amide bonds. The number of nitrogens with one attached hydrogen (secondary N) is 1. The summed E-state index contributed by atoms with van der Waals surface area (Å²) in [6.45, 7) is 0. The van der Waals surface area contributed by atoms with Gasteiger partial charge in [0.25, 0.3) is 0 Å². The van der Waals surface area contributed by atoms with Crippen molar-refractivity contribution in [2.75, 3.05) is 7.05 Å². The van der Waals surface area contributed by atoms with Crippen LogP contribution in [0.4, 0.5) is 4.39 Å². The summed E-state index contributed by atoms with van der Waals surface area (Å²) >= 11 is 3.29. The molecule has 1 unspecified atom stereocenters. The van der Waals surface area contributed by atoms with Crippen LogP contribution < -0.4 is 5.32 Å². The smallest absolute Gasteiger partial charge is 0.142 e. The minimum atomic E-state index is -0.180. The largest absolute Gasteiger partial charge is 0.309 e. The highest BCUT2D eigenvalue weighted by Crippen LogP contribution is 2.41. The van der Waals surface area contributed by atoms with Gasteiger partial charge in [-0.2, -0.15) is 0 Å². The summed E-state index contributed by atoms with van der Waals surface area (Å²) in [5, 5.41) is 3.29. The Morgan fingerprint density at radius 2 is 1.81 bits per heavy atom. The van der Waals surface area contributed by atoms with Crippen molar-refractivity contribution in [3.05, 3.63) is 69.4 Å². The van der Waals surface area contributed by atoms with Gasteiger partial charge in [-0.15, -0.1) is 0 Å². The maximum Gasteiger partial charge on any atom is 0.142 e. The second-order valence-corrected chi connectivity index (χ2v) is 6.48. The molecule has 0 saturated heterocycles. The normalized spacial score (nSPS) is 16.5. The quantitative estimate of drug-likeness (QED) is 0.804. The van der Waals surface area contributed by atoms with Gasteiger partial charge in [0.15, 0.2) is 0 Å². The van der Waals surface area contributed by atoms with Crippen molar-refractivity contribution < 1.29 is 4.39 Å². The second kappa shape index (κ2) is 6.29. The van der Waals surface area contributed by atoms with E-state index in [9.17, 15) is 4.39 Å². The van der Waals surface area contributed by atoms with E-state index in [0.717, 1.165) is 0 Å². The van der Waals surface area contributed by atoms with E-state index in [4.69, 9.17) is 0 Å². The Hall–Kier alpha value is -1.19. The summed E-state index contributed by atoms with van der Waals surface area (Å²) in [7, 11) is 1.89. The SMILES string of the molecule is CNC(c1ccccc1C1CCC1)c1cccc(Br)c1F. The van der Waals surface area contributed by atoms with E-state index in [-0.39, 0.29) is 11.9 Å². The molecule has 2 aromatic carbocycles. The van der Waals surface area contributed by atoms with Gasteiger partial charge < -0.3 is 5.32 Å². The summed E-state index contributed by atoms with van der Waals surface area (Å²) < 4.78 is 15.0. The van der Waals surface area contributed by atoms with Gasteiger partial charge in [-0.05, 0) is 58.9 Å². The topological polar surface area (TPSA) is 12.0 Å². The molecule has 2 aromatic rings. The van der Waals surface area contributed by atoms with Gasteiger partial charge in [-0.1, -0.05) is 42.8 Å². The van der Waals surface area contributed by atoms with Gasteiger partial charge in [0.1, 0.15) is 5.82 Å². The van der Waals surface area contributed by atoms with Gasteiger partial charge in [-0.3, -0.25) is 0 Å². The lowest BCUT2D eigenvalue weighted by molar-refractivity contribution is 0.414. The van der Waals surface area contributed by atoms with Crippen molar-refractivity contribution in [3.63, 3.8) is 0 Å². The summed E-state index contributed by atoms with van der Waals surface area (Å²) in [6.07, 6.45) is 3.79. The monoisotopic (exact) mass is 347 g/mol. The maximum atomic E-state index is 14.5. The fourth-order valence-electron chi connectivity index (χ4n) is 3.09. The Kier molecular flexibility index (Phi) is 4.41. The molecule has 1 atom stereocenters. The van der Waals surface area contributed by atoms with E-state index in [1.165, 1.54) is 30.4 Å². The Labute approximate surface area is 133 Å². The molecule has 21 heavy (non-hydrogen) atoms. The molecule has 1 nitrogen and oxygen atoms in total. The highest BCUT2D eigenvalue weighted by Gasteiger charge is 2.26. The van der Waals surface area contributed by atoms with E-state index >= 15 is 0 Å². The molecule has 0 radical (unpaired) electrons. The molecule has 1 fully saturated rings. The van der Waals surface area contributed by atoms with E-state index in [1.54, 1.807) is 6.07 Å². The molecule has 0 bridgehead atoms. The van der Waals surface area contributed by atoms with Crippen LogP contribution in [0, 0.1) is 5.82 Å². The van der Waals surface area contributed by atoms with Gasteiger partial charge in [0.05, 0.1) is 10.5 Å². The second-order valence-electron chi connectivity index (χ2n) is 5.62. The van der Waals surface area contributed by atoms with Crippen molar-refractivity contribution in [1.82, 2.24) is 5.32 Å². The molecule has 0 aromatic heterocycles. The Bertz CT molecular complexity index is 637. The van der Waals surface area contributed by atoms with E-state index in [2.05, 4.69) is 39.4 Å². The first-order valence-electron chi connectivity index (χ1n) is 7.42. The van der Waals surface area contributed by atoms with E-state index in [1.807, 2.05) is 25.2 Å². The van der Waals surface area contributed by atoms with Crippen LogP contribution in [-0.4, -0.2) is 7.05 Å². The third-order valence-electron chi connectivity index (χ3n) is 4.43. The minimum Gasteiger partial charge on any atom is -0.309 e. The van der Waals surface area contributed by atoms with Crippen LogP contribution in [0.3, 0.4) is 0 Å². The zero-order valence-corrected chi connectivity index (χ0v) is 13.7. The summed E-state index contributed by atoms with van der Waals surface area (Å²) in [6, 6.07) is 13.8. The highest BCUT2D eigenvalue weighted by atomic mass is 79.9. The van der Waals surface area contributed by atoms with Crippen LogP contribution in [-0.2, 0) is 0 Å². The Balaban J connectivity index is 2.06. The van der Waals surface area contributed by atoms with Crippen molar-refractivity contribution in [2.45, 2.75) is 31.2 Å². The number of benzene rings is 2. The third kappa shape index (κ3) is 2.77. The Morgan fingerprint density at radius 1 is 1.10 bits per heavy atom. The van der Waals surface area contributed by atoms with Crippen LogP contribution in [0.2, 0.25) is 0 Å². The van der Waals surface area contributed by atoms with Gasteiger partial charge in [-0.25, -0.2) is 4.39 Å². The zero-order chi connectivity index (χ0) is 14.8.